The van der Waals surface area contributed by atoms with Gasteiger partial charge in [-0.1, -0.05) is 0 Å². The quantitative estimate of drug-likeness (QED) is 0.722. The van der Waals surface area contributed by atoms with Gasteiger partial charge in [0.25, 0.3) is 11.8 Å². The third kappa shape index (κ3) is 4.94. The SMILES string of the molecule is COc1ccc(C(=O)NC(=O)COC(=O)c2ccc3c(c2)NC(=O)C(C)S3)cc1. The molecule has 2 aromatic rings. The van der Waals surface area contributed by atoms with Crippen LogP contribution < -0.4 is 15.4 Å². The van der Waals surface area contributed by atoms with Crippen molar-refractivity contribution in [3.8, 4) is 5.75 Å². The molecule has 3 amide bonds. The van der Waals surface area contributed by atoms with E-state index in [2.05, 4.69) is 10.6 Å². The summed E-state index contributed by atoms with van der Waals surface area (Å²) in [6.45, 7) is 1.17. The van der Waals surface area contributed by atoms with Crippen LogP contribution in [0.1, 0.15) is 27.6 Å². The molecular formula is C20H18N2O6S. The summed E-state index contributed by atoms with van der Waals surface area (Å²) in [6, 6.07) is 11.0. The molecule has 2 aromatic carbocycles. The third-order valence-electron chi connectivity index (χ3n) is 4.09. The van der Waals surface area contributed by atoms with Crippen molar-refractivity contribution in [2.24, 2.45) is 0 Å². The smallest absolute Gasteiger partial charge is 0.338 e. The molecule has 0 aromatic heterocycles. The summed E-state index contributed by atoms with van der Waals surface area (Å²) in [6.07, 6.45) is 0. The molecule has 0 fully saturated rings. The van der Waals surface area contributed by atoms with Crippen molar-refractivity contribution in [1.29, 1.82) is 0 Å². The Morgan fingerprint density at radius 2 is 1.79 bits per heavy atom. The monoisotopic (exact) mass is 414 g/mol. The Bertz CT molecular complexity index is 973. The van der Waals surface area contributed by atoms with E-state index in [0.717, 1.165) is 4.90 Å². The lowest BCUT2D eigenvalue weighted by atomic mass is 10.2. The number of fused-ring (bicyclic) bond motifs is 1. The van der Waals surface area contributed by atoms with Crippen LogP contribution in [-0.2, 0) is 14.3 Å². The van der Waals surface area contributed by atoms with Gasteiger partial charge in [-0.15, -0.1) is 11.8 Å². The molecule has 1 heterocycles. The van der Waals surface area contributed by atoms with Gasteiger partial charge in [0, 0.05) is 10.5 Å². The van der Waals surface area contributed by atoms with E-state index < -0.39 is 24.4 Å². The molecule has 1 aliphatic heterocycles. The first-order chi connectivity index (χ1) is 13.9. The average Bonchev–Trinajstić information content (AvgIpc) is 2.72. The first-order valence-corrected chi connectivity index (χ1v) is 9.52. The predicted octanol–water partition coefficient (Wildman–Crippen LogP) is 2.24. The minimum atomic E-state index is -0.755. The summed E-state index contributed by atoms with van der Waals surface area (Å²) >= 11 is 1.39. The Balaban J connectivity index is 1.55. The standard InChI is InChI=1S/C20H18N2O6S/c1-11-18(24)21-15-9-13(5-8-16(15)29-11)20(26)28-10-17(23)22-19(25)12-3-6-14(27-2)7-4-12/h3-9,11H,10H2,1-2H3,(H,21,24)(H,22,23,25). The van der Waals surface area contributed by atoms with Crippen LogP contribution in [0.25, 0.3) is 0 Å². The van der Waals surface area contributed by atoms with Crippen LogP contribution in [-0.4, -0.2) is 42.7 Å². The van der Waals surface area contributed by atoms with Crippen molar-refractivity contribution in [3.63, 3.8) is 0 Å². The van der Waals surface area contributed by atoms with Gasteiger partial charge in [-0.25, -0.2) is 4.79 Å². The number of hydrogen-bond acceptors (Lipinski definition) is 7. The number of nitrogens with one attached hydrogen (secondary N) is 2. The number of thioether (sulfide) groups is 1. The highest BCUT2D eigenvalue weighted by atomic mass is 32.2. The third-order valence-corrected chi connectivity index (χ3v) is 5.26. The van der Waals surface area contributed by atoms with E-state index in [1.165, 1.54) is 37.1 Å². The van der Waals surface area contributed by atoms with Crippen LogP contribution in [0.3, 0.4) is 0 Å². The molecule has 0 radical (unpaired) electrons. The Hall–Kier alpha value is -3.33. The van der Waals surface area contributed by atoms with Gasteiger partial charge in [-0.05, 0) is 49.4 Å². The van der Waals surface area contributed by atoms with Gasteiger partial charge in [0.15, 0.2) is 6.61 Å². The van der Waals surface area contributed by atoms with Crippen LogP contribution in [0.2, 0.25) is 0 Å². The maximum absolute atomic E-state index is 12.2. The summed E-state index contributed by atoms with van der Waals surface area (Å²) in [5.74, 6) is -1.68. The van der Waals surface area contributed by atoms with E-state index in [1.54, 1.807) is 31.2 Å². The summed E-state index contributed by atoms with van der Waals surface area (Å²) in [5.41, 5.74) is 0.975. The Kier molecular flexibility index (Phi) is 6.18. The van der Waals surface area contributed by atoms with Gasteiger partial charge in [-0.2, -0.15) is 0 Å². The number of methoxy groups -OCH3 is 1. The molecule has 0 saturated heterocycles. The van der Waals surface area contributed by atoms with E-state index in [1.807, 2.05) is 0 Å². The summed E-state index contributed by atoms with van der Waals surface area (Å²) in [7, 11) is 1.50. The van der Waals surface area contributed by atoms with Crippen molar-refractivity contribution in [2.75, 3.05) is 19.0 Å². The second kappa shape index (κ2) is 8.78. The molecule has 9 heteroatoms. The fourth-order valence-corrected chi connectivity index (χ4v) is 3.46. The highest BCUT2D eigenvalue weighted by Crippen LogP contribution is 2.36. The number of amides is 3. The molecule has 29 heavy (non-hydrogen) atoms. The molecule has 1 aliphatic rings. The van der Waals surface area contributed by atoms with Crippen LogP contribution >= 0.6 is 11.8 Å². The number of hydrogen-bond donors (Lipinski definition) is 2. The number of esters is 1. The maximum atomic E-state index is 12.2. The van der Waals surface area contributed by atoms with E-state index in [0.29, 0.717) is 11.4 Å². The second-order valence-electron chi connectivity index (χ2n) is 6.14. The zero-order valence-electron chi connectivity index (χ0n) is 15.7. The highest BCUT2D eigenvalue weighted by Gasteiger charge is 2.24. The number of anilines is 1. The Morgan fingerprint density at radius 1 is 1.10 bits per heavy atom. The van der Waals surface area contributed by atoms with Crippen molar-refractivity contribution < 1.29 is 28.7 Å². The molecule has 150 valence electrons. The highest BCUT2D eigenvalue weighted by molar-refractivity contribution is 8.00. The molecule has 0 spiro atoms. The predicted molar refractivity (Wildman–Crippen MR) is 106 cm³/mol. The zero-order chi connectivity index (χ0) is 21.0. The number of imide groups is 1. The fraction of sp³-hybridized carbons (Fsp3) is 0.200. The Morgan fingerprint density at radius 3 is 2.48 bits per heavy atom. The van der Waals surface area contributed by atoms with Gasteiger partial charge >= 0.3 is 5.97 Å². The van der Waals surface area contributed by atoms with Gasteiger partial charge in [0.1, 0.15) is 5.75 Å². The Labute approximate surface area is 170 Å². The largest absolute Gasteiger partial charge is 0.497 e. The van der Waals surface area contributed by atoms with Gasteiger partial charge in [0.05, 0.1) is 23.6 Å². The molecule has 0 aliphatic carbocycles. The minimum Gasteiger partial charge on any atom is -0.497 e. The van der Waals surface area contributed by atoms with E-state index in [-0.39, 0.29) is 22.3 Å². The molecule has 0 bridgehead atoms. The topological polar surface area (TPSA) is 111 Å². The second-order valence-corrected chi connectivity index (χ2v) is 7.52. The number of ether oxygens (including phenoxy) is 2. The summed E-state index contributed by atoms with van der Waals surface area (Å²) < 4.78 is 9.96. The molecule has 2 N–H and O–H groups in total. The number of carbonyl (C=O) groups is 4. The van der Waals surface area contributed by atoms with Crippen LogP contribution in [0.5, 0.6) is 5.75 Å². The van der Waals surface area contributed by atoms with Gasteiger partial charge < -0.3 is 14.8 Å². The lowest BCUT2D eigenvalue weighted by Crippen LogP contribution is -2.34. The van der Waals surface area contributed by atoms with Crippen molar-refractivity contribution in [1.82, 2.24) is 5.32 Å². The molecule has 0 saturated carbocycles. The summed E-state index contributed by atoms with van der Waals surface area (Å²) in [5, 5.41) is 4.65. The normalized spacial score (nSPS) is 15.0. The lowest BCUT2D eigenvalue weighted by molar-refractivity contribution is -0.123. The van der Waals surface area contributed by atoms with E-state index in [9.17, 15) is 19.2 Å². The molecular weight excluding hydrogens is 396 g/mol. The van der Waals surface area contributed by atoms with Crippen molar-refractivity contribution in [3.05, 3.63) is 53.6 Å². The molecule has 8 nitrogen and oxygen atoms in total. The fourth-order valence-electron chi connectivity index (χ4n) is 2.53. The average molecular weight is 414 g/mol. The maximum Gasteiger partial charge on any atom is 0.338 e. The molecule has 1 unspecified atom stereocenters. The van der Waals surface area contributed by atoms with E-state index >= 15 is 0 Å². The van der Waals surface area contributed by atoms with Crippen LogP contribution in [0, 0.1) is 0 Å². The van der Waals surface area contributed by atoms with Gasteiger partial charge in [0.2, 0.25) is 5.91 Å². The molecule has 3 rings (SSSR count). The van der Waals surface area contributed by atoms with Crippen molar-refractivity contribution >= 4 is 41.1 Å². The van der Waals surface area contributed by atoms with Crippen molar-refractivity contribution in [2.45, 2.75) is 17.1 Å². The number of benzene rings is 2. The first-order valence-electron chi connectivity index (χ1n) is 8.64. The number of carbonyl (C=O) groups excluding carboxylic acids is 4. The zero-order valence-corrected chi connectivity index (χ0v) is 16.5. The van der Waals surface area contributed by atoms with Crippen LogP contribution in [0.15, 0.2) is 47.4 Å². The first kappa shape index (κ1) is 20.4. The van der Waals surface area contributed by atoms with Gasteiger partial charge in [-0.3, -0.25) is 19.7 Å². The van der Waals surface area contributed by atoms with E-state index in [4.69, 9.17) is 9.47 Å². The van der Waals surface area contributed by atoms with Crippen LogP contribution in [0.4, 0.5) is 5.69 Å². The number of rotatable bonds is 5. The minimum absolute atomic E-state index is 0.149. The molecule has 1 atom stereocenters. The summed E-state index contributed by atoms with van der Waals surface area (Å²) in [4.78, 5) is 48.7. The lowest BCUT2D eigenvalue weighted by Gasteiger charge is -2.21.